The van der Waals surface area contributed by atoms with Gasteiger partial charge in [0, 0.05) is 30.5 Å². The minimum atomic E-state index is -0.510. The molecule has 0 bridgehead atoms. The first-order valence-electron chi connectivity index (χ1n) is 8.85. The van der Waals surface area contributed by atoms with Gasteiger partial charge in [-0.2, -0.15) is 0 Å². The number of anilines is 1. The second kappa shape index (κ2) is 8.19. The van der Waals surface area contributed by atoms with E-state index >= 15 is 0 Å². The van der Waals surface area contributed by atoms with Crippen molar-refractivity contribution < 1.29 is 9.53 Å². The van der Waals surface area contributed by atoms with Crippen LogP contribution in [0.25, 0.3) is 0 Å². The standard InChI is InChI=1S/C20H29N3O2/c1-15(2)22-17-11-9-16(10-12-17)7-6-8-18-21-13-14-23(18)19(24)25-20(3,4)5/h9-15,22H,6-8H2,1-5H3. The van der Waals surface area contributed by atoms with E-state index in [1.54, 1.807) is 12.4 Å². The maximum atomic E-state index is 12.2. The minimum Gasteiger partial charge on any atom is -0.443 e. The monoisotopic (exact) mass is 343 g/mol. The average Bonchev–Trinajstić information content (AvgIpc) is 2.95. The molecule has 0 saturated carbocycles. The van der Waals surface area contributed by atoms with Crippen LogP contribution in [0, 0.1) is 0 Å². The molecular formula is C20H29N3O2. The van der Waals surface area contributed by atoms with Gasteiger partial charge in [0.1, 0.15) is 11.4 Å². The lowest BCUT2D eigenvalue weighted by molar-refractivity contribution is 0.0531. The molecule has 1 heterocycles. The van der Waals surface area contributed by atoms with Gasteiger partial charge in [-0.3, -0.25) is 0 Å². The van der Waals surface area contributed by atoms with E-state index < -0.39 is 5.60 Å². The number of imidazole rings is 1. The molecule has 5 heteroatoms. The van der Waals surface area contributed by atoms with Crippen molar-refractivity contribution in [2.75, 3.05) is 5.32 Å². The largest absolute Gasteiger partial charge is 0.443 e. The molecule has 136 valence electrons. The van der Waals surface area contributed by atoms with Crippen LogP contribution in [0.5, 0.6) is 0 Å². The number of nitrogens with one attached hydrogen (secondary N) is 1. The van der Waals surface area contributed by atoms with E-state index in [4.69, 9.17) is 4.74 Å². The summed E-state index contributed by atoms with van der Waals surface area (Å²) in [5, 5.41) is 3.38. The van der Waals surface area contributed by atoms with Crippen molar-refractivity contribution in [1.29, 1.82) is 0 Å². The van der Waals surface area contributed by atoms with Gasteiger partial charge in [0.2, 0.25) is 0 Å². The number of hydrogen-bond acceptors (Lipinski definition) is 4. The molecule has 1 N–H and O–H groups in total. The van der Waals surface area contributed by atoms with Crippen molar-refractivity contribution in [3.63, 3.8) is 0 Å². The maximum absolute atomic E-state index is 12.2. The first-order chi connectivity index (χ1) is 11.7. The Hall–Kier alpha value is -2.30. The molecule has 25 heavy (non-hydrogen) atoms. The lowest BCUT2D eigenvalue weighted by Gasteiger charge is -2.20. The number of ether oxygens (including phenoxy) is 1. The highest BCUT2D eigenvalue weighted by molar-refractivity contribution is 5.71. The van der Waals surface area contributed by atoms with Gasteiger partial charge in [0.15, 0.2) is 0 Å². The number of rotatable bonds is 6. The molecule has 2 aromatic rings. The minimum absolute atomic E-state index is 0.371. The van der Waals surface area contributed by atoms with Crippen molar-refractivity contribution in [3.05, 3.63) is 48.0 Å². The quantitative estimate of drug-likeness (QED) is 0.828. The molecule has 0 spiro atoms. The number of carbonyl (C=O) groups excluding carboxylic acids is 1. The Balaban J connectivity index is 1.88. The molecule has 1 aromatic heterocycles. The Bertz CT molecular complexity index is 682. The lowest BCUT2D eigenvalue weighted by atomic mass is 10.1. The molecule has 0 aliphatic carbocycles. The van der Waals surface area contributed by atoms with Crippen molar-refractivity contribution in [3.8, 4) is 0 Å². The van der Waals surface area contributed by atoms with Gasteiger partial charge >= 0.3 is 6.09 Å². The van der Waals surface area contributed by atoms with Crippen LogP contribution in [-0.4, -0.2) is 27.3 Å². The normalized spacial score (nSPS) is 11.6. The molecule has 0 radical (unpaired) electrons. The number of carbonyl (C=O) groups is 1. The first kappa shape index (κ1) is 19.0. The van der Waals surface area contributed by atoms with Crippen LogP contribution in [-0.2, 0) is 17.6 Å². The molecular weight excluding hydrogens is 314 g/mol. The summed E-state index contributed by atoms with van der Waals surface area (Å²) < 4.78 is 6.91. The fourth-order valence-corrected chi connectivity index (χ4v) is 2.55. The molecule has 0 saturated heterocycles. The van der Waals surface area contributed by atoms with Crippen LogP contribution >= 0.6 is 0 Å². The molecule has 0 unspecified atom stereocenters. The van der Waals surface area contributed by atoms with Crippen LogP contribution in [0.3, 0.4) is 0 Å². The highest BCUT2D eigenvalue weighted by Crippen LogP contribution is 2.14. The Labute approximate surface area is 150 Å². The second-order valence-electron chi connectivity index (χ2n) is 7.54. The van der Waals surface area contributed by atoms with E-state index in [1.807, 2.05) is 20.8 Å². The van der Waals surface area contributed by atoms with Crippen molar-refractivity contribution in [2.24, 2.45) is 0 Å². The van der Waals surface area contributed by atoms with Gasteiger partial charge in [-0.05, 0) is 65.2 Å². The number of aryl methyl sites for hydroxylation is 2. The fraction of sp³-hybridized carbons (Fsp3) is 0.500. The number of hydrogen-bond donors (Lipinski definition) is 1. The summed E-state index contributed by atoms with van der Waals surface area (Å²) in [6.07, 6.45) is 5.55. The molecule has 0 amide bonds. The Kier molecular flexibility index (Phi) is 6.23. The van der Waals surface area contributed by atoms with Gasteiger partial charge in [-0.25, -0.2) is 14.3 Å². The van der Waals surface area contributed by atoms with Crippen LogP contribution in [0.2, 0.25) is 0 Å². The summed E-state index contributed by atoms with van der Waals surface area (Å²) in [6, 6.07) is 8.93. The van der Waals surface area contributed by atoms with Gasteiger partial charge in [0.05, 0.1) is 0 Å². The van der Waals surface area contributed by atoms with Crippen molar-refractivity contribution >= 4 is 11.8 Å². The predicted molar refractivity (Wildman–Crippen MR) is 101 cm³/mol. The summed E-state index contributed by atoms with van der Waals surface area (Å²) in [7, 11) is 0. The van der Waals surface area contributed by atoms with E-state index in [-0.39, 0.29) is 6.09 Å². The summed E-state index contributed by atoms with van der Waals surface area (Å²) in [4.78, 5) is 16.5. The molecule has 0 atom stereocenters. The molecule has 0 aliphatic heterocycles. The van der Waals surface area contributed by atoms with Gasteiger partial charge in [-0.1, -0.05) is 12.1 Å². The SMILES string of the molecule is CC(C)Nc1ccc(CCCc2nccn2C(=O)OC(C)(C)C)cc1. The predicted octanol–water partition coefficient (Wildman–Crippen LogP) is 4.66. The number of benzene rings is 1. The topological polar surface area (TPSA) is 56.2 Å². The van der Waals surface area contributed by atoms with Crippen LogP contribution in [0.15, 0.2) is 36.7 Å². The Morgan fingerprint density at radius 1 is 1.20 bits per heavy atom. The first-order valence-corrected chi connectivity index (χ1v) is 8.85. The fourth-order valence-electron chi connectivity index (χ4n) is 2.55. The highest BCUT2D eigenvalue weighted by atomic mass is 16.6. The van der Waals surface area contributed by atoms with Gasteiger partial charge < -0.3 is 10.1 Å². The van der Waals surface area contributed by atoms with Crippen LogP contribution < -0.4 is 5.32 Å². The van der Waals surface area contributed by atoms with Gasteiger partial charge in [-0.15, -0.1) is 0 Å². The zero-order valence-corrected chi connectivity index (χ0v) is 15.9. The second-order valence-corrected chi connectivity index (χ2v) is 7.54. The molecule has 0 aliphatic rings. The summed E-state index contributed by atoms with van der Waals surface area (Å²) in [5.74, 6) is 0.743. The molecule has 2 rings (SSSR count). The van der Waals surface area contributed by atoms with Crippen molar-refractivity contribution in [2.45, 2.75) is 65.5 Å². The Morgan fingerprint density at radius 3 is 2.48 bits per heavy atom. The third kappa shape index (κ3) is 6.25. The molecule has 0 fully saturated rings. The Morgan fingerprint density at radius 2 is 1.88 bits per heavy atom. The van der Waals surface area contributed by atoms with E-state index in [0.29, 0.717) is 6.04 Å². The summed E-state index contributed by atoms with van der Waals surface area (Å²) >= 11 is 0. The number of nitrogens with zero attached hydrogens (tertiary/aromatic N) is 2. The average molecular weight is 343 g/mol. The van der Waals surface area contributed by atoms with Gasteiger partial charge in [0.25, 0.3) is 0 Å². The third-order valence-corrected chi connectivity index (χ3v) is 3.58. The molecule has 1 aromatic carbocycles. The van der Waals surface area contributed by atoms with E-state index in [9.17, 15) is 4.79 Å². The highest BCUT2D eigenvalue weighted by Gasteiger charge is 2.19. The van der Waals surface area contributed by atoms with E-state index in [2.05, 4.69) is 48.4 Å². The zero-order valence-electron chi connectivity index (χ0n) is 15.9. The maximum Gasteiger partial charge on any atom is 0.419 e. The van der Waals surface area contributed by atoms with Crippen molar-refractivity contribution in [1.82, 2.24) is 9.55 Å². The van der Waals surface area contributed by atoms with Crippen LogP contribution in [0.4, 0.5) is 10.5 Å². The van der Waals surface area contributed by atoms with E-state index in [0.717, 1.165) is 30.8 Å². The summed E-state index contributed by atoms with van der Waals surface area (Å²) in [6.45, 7) is 9.83. The van der Waals surface area contributed by atoms with E-state index in [1.165, 1.54) is 10.1 Å². The molecule has 5 nitrogen and oxygen atoms in total. The van der Waals surface area contributed by atoms with Crippen LogP contribution in [0.1, 0.15) is 52.4 Å². The lowest BCUT2D eigenvalue weighted by Crippen LogP contribution is -2.27. The zero-order chi connectivity index (χ0) is 18.4. The number of aromatic nitrogens is 2. The smallest absolute Gasteiger partial charge is 0.419 e. The third-order valence-electron chi connectivity index (χ3n) is 3.58. The summed E-state index contributed by atoms with van der Waals surface area (Å²) in [5.41, 5.74) is 1.91.